The smallest absolute Gasteiger partial charge is 0.284 e. The topological polar surface area (TPSA) is 59.6 Å². The van der Waals surface area contributed by atoms with Crippen LogP contribution in [0.1, 0.15) is 12.6 Å². The van der Waals surface area contributed by atoms with Crippen LogP contribution in [0.3, 0.4) is 0 Å². The molecule has 2 rings (SSSR count). The second-order valence-electron chi connectivity index (χ2n) is 2.91. The van der Waals surface area contributed by atoms with Crippen LogP contribution in [-0.2, 0) is 6.54 Å². The van der Waals surface area contributed by atoms with Gasteiger partial charge in [0.1, 0.15) is 5.69 Å². The molecule has 0 unspecified atom stereocenters. The number of H-pyrrole nitrogens is 1. The number of rotatable bonds is 2. The summed E-state index contributed by atoms with van der Waals surface area (Å²) in [5.74, 6) is 0.435. The summed E-state index contributed by atoms with van der Waals surface area (Å²) < 4.78 is 7.03. The molecular weight excluding hydrogens is 200 g/mol. The highest BCUT2D eigenvalue weighted by atomic mass is 32.1. The van der Waals surface area contributed by atoms with Gasteiger partial charge in [0.05, 0.1) is 0 Å². The van der Waals surface area contributed by atoms with Crippen LogP contribution in [0, 0.1) is 11.8 Å². The molecule has 74 valence electrons. The summed E-state index contributed by atoms with van der Waals surface area (Å²) in [7, 11) is 0. The van der Waals surface area contributed by atoms with Crippen molar-refractivity contribution in [3.8, 4) is 11.6 Å². The molecule has 0 aromatic carbocycles. The maximum atomic E-state index is 5.15. The highest BCUT2D eigenvalue weighted by Crippen LogP contribution is 2.15. The molecule has 0 spiro atoms. The van der Waals surface area contributed by atoms with Crippen LogP contribution in [0.2, 0.25) is 0 Å². The van der Waals surface area contributed by atoms with Gasteiger partial charge in [-0.3, -0.25) is 4.68 Å². The summed E-state index contributed by atoms with van der Waals surface area (Å²) in [5.41, 5.74) is 1.78. The number of hydrogen-bond donors (Lipinski definition) is 1. The minimum absolute atomic E-state index is 0.267. The molecular formula is C8H10N4OS. The van der Waals surface area contributed by atoms with Gasteiger partial charge in [0.2, 0.25) is 0 Å². The molecule has 2 heterocycles. The van der Waals surface area contributed by atoms with E-state index in [-0.39, 0.29) is 4.84 Å². The van der Waals surface area contributed by atoms with Crippen molar-refractivity contribution in [1.29, 1.82) is 0 Å². The molecule has 2 aromatic heterocycles. The Morgan fingerprint density at radius 3 is 2.93 bits per heavy atom. The lowest BCUT2D eigenvalue weighted by Gasteiger charge is -1.95. The molecule has 6 heteroatoms. The first-order valence-corrected chi connectivity index (χ1v) is 4.72. The molecule has 0 aliphatic heterocycles. The number of nitrogens with one attached hydrogen (secondary N) is 1. The lowest BCUT2D eigenvalue weighted by atomic mass is 10.4. The molecule has 0 fully saturated rings. The Kier molecular flexibility index (Phi) is 2.20. The first-order chi connectivity index (χ1) is 6.70. The quantitative estimate of drug-likeness (QED) is 0.769. The predicted molar refractivity (Wildman–Crippen MR) is 53.3 cm³/mol. The normalized spacial score (nSPS) is 10.7. The zero-order chi connectivity index (χ0) is 10.1. The Balaban J connectivity index is 2.47. The number of hydrogen-bond acceptors (Lipinski definition) is 4. The average Bonchev–Trinajstić information content (AvgIpc) is 2.71. The standard InChI is InChI=1S/C8H10N4OS/c1-3-12-5(2)4-6(11-12)7-9-10-8(14)13-7/h4H,3H2,1-2H3,(H,10,14). The second-order valence-corrected chi connectivity index (χ2v) is 3.28. The van der Waals surface area contributed by atoms with E-state index in [1.165, 1.54) is 0 Å². The number of aryl methyl sites for hydroxylation is 2. The second kappa shape index (κ2) is 3.38. The van der Waals surface area contributed by atoms with Gasteiger partial charge in [-0.2, -0.15) is 5.10 Å². The summed E-state index contributed by atoms with van der Waals surface area (Å²) in [6.45, 7) is 4.85. The molecule has 0 aliphatic carbocycles. The summed E-state index contributed by atoms with van der Waals surface area (Å²) in [5, 5.41) is 10.8. The van der Waals surface area contributed by atoms with Crippen molar-refractivity contribution in [3.05, 3.63) is 16.6 Å². The minimum atomic E-state index is 0.267. The lowest BCUT2D eigenvalue weighted by Crippen LogP contribution is -1.98. The van der Waals surface area contributed by atoms with Crippen LogP contribution in [0.5, 0.6) is 0 Å². The van der Waals surface area contributed by atoms with Crippen molar-refractivity contribution in [2.24, 2.45) is 0 Å². The zero-order valence-electron chi connectivity index (χ0n) is 7.94. The molecule has 5 nitrogen and oxygen atoms in total. The minimum Gasteiger partial charge on any atom is -0.408 e. The van der Waals surface area contributed by atoms with Gasteiger partial charge in [0, 0.05) is 12.2 Å². The summed E-state index contributed by atoms with van der Waals surface area (Å²) in [6, 6.07) is 1.91. The number of nitrogens with zero attached hydrogens (tertiary/aromatic N) is 3. The monoisotopic (exact) mass is 210 g/mol. The van der Waals surface area contributed by atoms with Crippen molar-refractivity contribution in [3.63, 3.8) is 0 Å². The largest absolute Gasteiger partial charge is 0.408 e. The third kappa shape index (κ3) is 1.48. The maximum absolute atomic E-state index is 5.15. The fraction of sp³-hybridized carbons (Fsp3) is 0.375. The molecule has 1 N–H and O–H groups in total. The molecule has 0 saturated heterocycles. The van der Waals surface area contributed by atoms with Crippen molar-refractivity contribution >= 4 is 12.2 Å². The summed E-state index contributed by atoms with van der Waals surface area (Å²) >= 11 is 4.78. The van der Waals surface area contributed by atoms with Gasteiger partial charge >= 0.3 is 0 Å². The Labute approximate surface area is 85.8 Å². The maximum Gasteiger partial charge on any atom is 0.284 e. The molecule has 14 heavy (non-hydrogen) atoms. The third-order valence-corrected chi connectivity index (χ3v) is 2.11. The predicted octanol–water partition coefficient (Wildman–Crippen LogP) is 1.92. The summed E-state index contributed by atoms with van der Waals surface area (Å²) in [6.07, 6.45) is 0. The lowest BCUT2D eigenvalue weighted by molar-refractivity contribution is 0.546. The Morgan fingerprint density at radius 1 is 1.64 bits per heavy atom. The van der Waals surface area contributed by atoms with Crippen molar-refractivity contribution in [2.45, 2.75) is 20.4 Å². The first kappa shape index (κ1) is 9.14. The van der Waals surface area contributed by atoms with Crippen LogP contribution in [0.25, 0.3) is 11.6 Å². The number of aromatic amines is 1. The third-order valence-electron chi connectivity index (χ3n) is 1.94. The van der Waals surface area contributed by atoms with Crippen LogP contribution in [-0.4, -0.2) is 20.0 Å². The van der Waals surface area contributed by atoms with E-state index >= 15 is 0 Å². The van der Waals surface area contributed by atoms with Crippen LogP contribution >= 0.6 is 12.2 Å². The molecule has 0 bridgehead atoms. The molecule has 2 aromatic rings. The molecule has 0 radical (unpaired) electrons. The molecule has 0 amide bonds. The highest BCUT2D eigenvalue weighted by Gasteiger charge is 2.09. The van der Waals surface area contributed by atoms with E-state index in [1.807, 2.05) is 24.6 Å². The van der Waals surface area contributed by atoms with E-state index in [0.717, 1.165) is 12.2 Å². The van der Waals surface area contributed by atoms with Crippen LogP contribution in [0.15, 0.2) is 10.5 Å². The fourth-order valence-corrected chi connectivity index (χ4v) is 1.40. The SMILES string of the molecule is CCn1nc(-c2n[nH]c(=S)o2)cc1C. The molecule has 0 saturated carbocycles. The Hall–Kier alpha value is -1.43. The van der Waals surface area contributed by atoms with E-state index in [2.05, 4.69) is 15.3 Å². The van der Waals surface area contributed by atoms with Crippen molar-refractivity contribution < 1.29 is 4.42 Å². The van der Waals surface area contributed by atoms with Gasteiger partial charge in [-0.1, -0.05) is 0 Å². The fourth-order valence-electron chi connectivity index (χ4n) is 1.27. The zero-order valence-corrected chi connectivity index (χ0v) is 8.76. The van der Waals surface area contributed by atoms with E-state index in [0.29, 0.717) is 11.6 Å². The highest BCUT2D eigenvalue weighted by molar-refractivity contribution is 7.71. The van der Waals surface area contributed by atoms with Gasteiger partial charge < -0.3 is 4.42 Å². The van der Waals surface area contributed by atoms with Gasteiger partial charge in [0.25, 0.3) is 10.7 Å². The van der Waals surface area contributed by atoms with Crippen molar-refractivity contribution in [2.75, 3.05) is 0 Å². The number of aromatic nitrogens is 4. The molecule has 0 atom stereocenters. The van der Waals surface area contributed by atoms with Gasteiger partial charge in [0.15, 0.2) is 0 Å². The Morgan fingerprint density at radius 2 is 2.43 bits per heavy atom. The van der Waals surface area contributed by atoms with Crippen LogP contribution in [0.4, 0.5) is 0 Å². The van der Waals surface area contributed by atoms with E-state index in [1.54, 1.807) is 0 Å². The van der Waals surface area contributed by atoms with E-state index in [9.17, 15) is 0 Å². The average molecular weight is 210 g/mol. The van der Waals surface area contributed by atoms with Crippen LogP contribution < -0.4 is 0 Å². The molecule has 0 aliphatic rings. The van der Waals surface area contributed by atoms with Gasteiger partial charge in [-0.05, 0) is 32.1 Å². The van der Waals surface area contributed by atoms with Gasteiger partial charge in [-0.15, -0.1) is 5.10 Å². The van der Waals surface area contributed by atoms with E-state index < -0.39 is 0 Å². The van der Waals surface area contributed by atoms with E-state index in [4.69, 9.17) is 16.6 Å². The Bertz CT molecular complexity index is 495. The van der Waals surface area contributed by atoms with Gasteiger partial charge in [-0.25, -0.2) is 5.10 Å². The summed E-state index contributed by atoms with van der Waals surface area (Å²) in [4.78, 5) is 0.267. The first-order valence-electron chi connectivity index (χ1n) is 4.31. The van der Waals surface area contributed by atoms with Crippen molar-refractivity contribution in [1.82, 2.24) is 20.0 Å².